The summed E-state index contributed by atoms with van der Waals surface area (Å²) < 4.78 is 0.673. The van der Waals surface area contributed by atoms with Crippen LogP contribution in [-0.4, -0.2) is 30.3 Å². The fourth-order valence-corrected chi connectivity index (χ4v) is 2.52. The molecule has 90 valence electrons. The van der Waals surface area contributed by atoms with Crippen molar-refractivity contribution in [3.8, 4) is 0 Å². The maximum absolute atomic E-state index is 12.1. The van der Waals surface area contributed by atoms with Crippen LogP contribution in [0.1, 0.15) is 36.4 Å². The van der Waals surface area contributed by atoms with Crippen molar-refractivity contribution in [3.05, 3.63) is 21.3 Å². The van der Waals surface area contributed by atoms with Crippen molar-refractivity contribution in [2.45, 2.75) is 32.7 Å². The van der Waals surface area contributed by atoms with E-state index in [1.807, 2.05) is 14.0 Å². The monoisotopic (exact) mass is 259 g/mol. The van der Waals surface area contributed by atoms with E-state index in [0.29, 0.717) is 4.34 Å². The lowest BCUT2D eigenvalue weighted by Gasteiger charge is -2.22. The van der Waals surface area contributed by atoms with Gasteiger partial charge in [0.05, 0.1) is 15.3 Å². The van der Waals surface area contributed by atoms with Crippen LogP contribution in [0.4, 0.5) is 0 Å². The van der Waals surface area contributed by atoms with Gasteiger partial charge in [0.2, 0.25) is 0 Å². The Labute approximate surface area is 106 Å². The van der Waals surface area contributed by atoms with Gasteiger partial charge >= 0.3 is 0 Å². The van der Waals surface area contributed by atoms with E-state index in [9.17, 15) is 4.79 Å². The van der Waals surface area contributed by atoms with E-state index in [2.05, 4.69) is 11.8 Å². The summed E-state index contributed by atoms with van der Waals surface area (Å²) in [4.78, 5) is 14.9. The molecule has 16 heavy (non-hydrogen) atoms. The average Bonchev–Trinajstić information content (AvgIpc) is 2.70. The summed E-state index contributed by atoms with van der Waals surface area (Å²) >= 11 is 7.18. The number of carbonyl (C=O) groups is 1. The minimum Gasteiger partial charge on any atom is -0.297 e. The van der Waals surface area contributed by atoms with Crippen molar-refractivity contribution in [2.75, 3.05) is 13.6 Å². The number of hydrogen-bond acceptors (Lipinski definition) is 3. The first-order valence-corrected chi connectivity index (χ1v) is 6.75. The number of Topliss-reactive ketones (excluding diaryl/α,β-unsaturated/α-hetero) is 1. The van der Waals surface area contributed by atoms with Crippen LogP contribution >= 0.6 is 22.9 Å². The highest BCUT2D eigenvalue weighted by Gasteiger charge is 2.20. The van der Waals surface area contributed by atoms with Gasteiger partial charge in [-0.1, -0.05) is 24.9 Å². The van der Waals surface area contributed by atoms with Crippen LogP contribution in [0.3, 0.4) is 0 Å². The number of hydrogen-bond donors (Lipinski definition) is 0. The predicted octanol–water partition coefficient (Wildman–Crippen LogP) is 3.70. The first-order chi connectivity index (χ1) is 7.56. The van der Waals surface area contributed by atoms with E-state index in [0.717, 1.165) is 24.3 Å². The summed E-state index contributed by atoms with van der Waals surface area (Å²) in [6, 6.07) is 3.51. The van der Waals surface area contributed by atoms with E-state index in [4.69, 9.17) is 11.6 Å². The lowest BCUT2D eigenvalue weighted by molar-refractivity contribution is 0.0872. The van der Waals surface area contributed by atoms with Gasteiger partial charge in [-0.3, -0.25) is 9.69 Å². The number of carbonyl (C=O) groups excluding carboxylic acids is 1. The topological polar surface area (TPSA) is 20.3 Å². The Morgan fingerprint density at radius 3 is 2.75 bits per heavy atom. The molecule has 0 bridgehead atoms. The zero-order valence-electron chi connectivity index (χ0n) is 10.00. The summed E-state index contributed by atoms with van der Waals surface area (Å²) in [5.74, 6) is 0.163. The van der Waals surface area contributed by atoms with Gasteiger partial charge in [-0.15, -0.1) is 11.3 Å². The summed E-state index contributed by atoms with van der Waals surface area (Å²) in [6.07, 6.45) is 2.27. The lowest BCUT2D eigenvalue weighted by Crippen LogP contribution is -2.36. The van der Waals surface area contributed by atoms with E-state index < -0.39 is 0 Å². The maximum Gasteiger partial charge on any atom is 0.189 e. The Morgan fingerprint density at radius 2 is 2.25 bits per heavy atom. The smallest absolute Gasteiger partial charge is 0.189 e. The summed E-state index contributed by atoms with van der Waals surface area (Å²) in [5.41, 5.74) is 0. The maximum atomic E-state index is 12.1. The molecule has 0 aliphatic carbocycles. The molecule has 0 radical (unpaired) electrons. The Morgan fingerprint density at radius 1 is 1.56 bits per heavy atom. The summed E-state index contributed by atoms with van der Waals surface area (Å²) in [6.45, 7) is 5.06. The van der Waals surface area contributed by atoms with Crippen molar-refractivity contribution in [1.82, 2.24) is 4.90 Å². The van der Waals surface area contributed by atoms with Crippen molar-refractivity contribution >= 4 is 28.7 Å². The average molecular weight is 260 g/mol. The highest BCUT2D eigenvalue weighted by Crippen LogP contribution is 2.23. The van der Waals surface area contributed by atoms with Crippen LogP contribution in [0.25, 0.3) is 0 Å². The second-order valence-electron chi connectivity index (χ2n) is 3.98. The SMILES string of the molecule is CCCCN(C)C(C)C(=O)c1ccc(Cl)s1. The van der Waals surface area contributed by atoms with Gasteiger partial charge < -0.3 is 0 Å². The third kappa shape index (κ3) is 3.58. The van der Waals surface area contributed by atoms with E-state index >= 15 is 0 Å². The molecule has 0 aliphatic rings. The molecule has 0 amide bonds. The molecule has 1 unspecified atom stereocenters. The molecular weight excluding hydrogens is 242 g/mol. The molecule has 0 aromatic carbocycles. The third-order valence-corrected chi connectivity index (χ3v) is 3.97. The highest BCUT2D eigenvalue weighted by molar-refractivity contribution is 7.18. The minimum atomic E-state index is -0.0683. The third-order valence-electron chi connectivity index (χ3n) is 2.72. The van der Waals surface area contributed by atoms with Gasteiger partial charge in [0, 0.05) is 0 Å². The second-order valence-corrected chi connectivity index (χ2v) is 5.69. The van der Waals surface area contributed by atoms with Gasteiger partial charge in [-0.25, -0.2) is 0 Å². The molecule has 1 rings (SSSR count). The Hall–Kier alpha value is -0.380. The number of rotatable bonds is 6. The van der Waals surface area contributed by atoms with Crippen LogP contribution in [0.15, 0.2) is 12.1 Å². The Kier molecular flexibility index (Phi) is 5.46. The standard InChI is InChI=1S/C12H18ClNOS/c1-4-5-8-14(3)9(2)12(15)10-6-7-11(13)16-10/h6-7,9H,4-5,8H2,1-3H3. The molecule has 1 aromatic heterocycles. The number of likely N-dealkylation sites (N-methyl/N-ethyl adjacent to an activating group) is 1. The minimum absolute atomic E-state index is 0.0683. The lowest BCUT2D eigenvalue weighted by atomic mass is 10.1. The van der Waals surface area contributed by atoms with Crippen molar-refractivity contribution in [3.63, 3.8) is 0 Å². The molecule has 2 nitrogen and oxygen atoms in total. The second kappa shape index (κ2) is 6.38. The number of nitrogens with zero attached hydrogens (tertiary/aromatic N) is 1. The summed E-state index contributed by atoms with van der Waals surface area (Å²) in [7, 11) is 1.99. The Bertz CT molecular complexity index is 351. The first kappa shape index (κ1) is 13.7. The molecule has 0 aliphatic heterocycles. The number of halogens is 1. The van der Waals surface area contributed by atoms with Gasteiger partial charge in [-0.2, -0.15) is 0 Å². The molecule has 0 N–H and O–H groups in total. The van der Waals surface area contributed by atoms with Gasteiger partial charge in [-0.05, 0) is 39.1 Å². The number of unbranched alkanes of at least 4 members (excludes halogenated alkanes) is 1. The molecular formula is C12H18ClNOS. The fraction of sp³-hybridized carbons (Fsp3) is 0.583. The van der Waals surface area contributed by atoms with E-state index in [1.165, 1.54) is 11.3 Å². The quantitative estimate of drug-likeness (QED) is 0.726. The van der Waals surface area contributed by atoms with Crippen LogP contribution in [0, 0.1) is 0 Å². The molecule has 0 fully saturated rings. The van der Waals surface area contributed by atoms with Crippen molar-refractivity contribution < 1.29 is 4.79 Å². The van der Waals surface area contributed by atoms with E-state index in [1.54, 1.807) is 12.1 Å². The van der Waals surface area contributed by atoms with Crippen molar-refractivity contribution in [1.29, 1.82) is 0 Å². The molecule has 0 saturated carbocycles. The predicted molar refractivity (Wildman–Crippen MR) is 70.7 cm³/mol. The molecule has 1 heterocycles. The van der Waals surface area contributed by atoms with Crippen LogP contribution in [0.5, 0.6) is 0 Å². The van der Waals surface area contributed by atoms with Gasteiger partial charge in [0.15, 0.2) is 5.78 Å². The Balaban J connectivity index is 2.59. The molecule has 4 heteroatoms. The van der Waals surface area contributed by atoms with E-state index in [-0.39, 0.29) is 11.8 Å². The van der Waals surface area contributed by atoms with Gasteiger partial charge in [0.25, 0.3) is 0 Å². The normalized spacial score (nSPS) is 13.1. The zero-order valence-corrected chi connectivity index (χ0v) is 11.6. The zero-order chi connectivity index (χ0) is 12.1. The first-order valence-electron chi connectivity index (χ1n) is 5.56. The number of thiophene rings is 1. The molecule has 1 aromatic rings. The van der Waals surface area contributed by atoms with Crippen LogP contribution in [-0.2, 0) is 0 Å². The fourth-order valence-electron chi connectivity index (χ4n) is 1.45. The van der Waals surface area contributed by atoms with Crippen molar-refractivity contribution in [2.24, 2.45) is 0 Å². The van der Waals surface area contributed by atoms with Crippen LogP contribution < -0.4 is 0 Å². The highest BCUT2D eigenvalue weighted by atomic mass is 35.5. The van der Waals surface area contributed by atoms with Gasteiger partial charge in [0.1, 0.15) is 0 Å². The summed E-state index contributed by atoms with van der Waals surface area (Å²) in [5, 5.41) is 0. The molecule has 0 spiro atoms. The van der Waals surface area contributed by atoms with Crippen LogP contribution in [0.2, 0.25) is 4.34 Å². The number of ketones is 1. The largest absolute Gasteiger partial charge is 0.297 e. The molecule has 0 saturated heterocycles. The molecule has 1 atom stereocenters.